The lowest BCUT2D eigenvalue weighted by atomic mass is 9.43. The predicted octanol–water partition coefficient (Wildman–Crippen LogP) is 5.51. The van der Waals surface area contributed by atoms with Gasteiger partial charge in [0, 0.05) is 29.4 Å². The molecular weight excluding hydrogens is 440 g/mol. The molecule has 5 nitrogen and oxygen atoms in total. The van der Waals surface area contributed by atoms with Crippen molar-refractivity contribution in [2.75, 3.05) is 0 Å². The zero-order chi connectivity index (χ0) is 25.2. The zero-order valence-corrected chi connectivity index (χ0v) is 22.3. The molecular formula is C30H42O5. The van der Waals surface area contributed by atoms with E-state index < -0.39 is 17.3 Å². The Labute approximate surface area is 209 Å². The quantitative estimate of drug-likeness (QED) is 0.526. The molecule has 9 atom stereocenters. The maximum atomic E-state index is 12.4. The molecule has 0 aromatic rings. The van der Waals surface area contributed by atoms with Gasteiger partial charge in [0.25, 0.3) is 0 Å². The van der Waals surface area contributed by atoms with Gasteiger partial charge in [0.2, 0.25) is 0 Å². The van der Waals surface area contributed by atoms with E-state index in [4.69, 9.17) is 9.47 Å². The minimum Gasteiger partial charge on any atom is -0.456 e. The first kappa shape index (κ1) is 23.8. The lowest BCUT2D eigenvalue weighted by Crippen LogP contribution is -2.60. The summed E-state index contributed by atoms with van der Waals surface area (Å²) in [5, 5.41) is 12.0. The number of esters is 2. The number of ether oxygens (including phenoxy) is 2. The molecule has 0 aromatic carbocycles. The molecule has 6 aliphatic rings. The summed E-state index contributed by atoms with van der Waals surface area (Å²) in [4.78, 5) is 24.7. The fraction of sp³-hybridized carbons (Fsp3) is 0.800. The van der Waals surface area contributed by atoms with Crippen LogP contribution in [0.4, 0.5) is 0 Å². The van der Waals surface area contributed by atoms with Crippen molar-refractivity contribution in [2.24, 2.45) is 39.4 Å². The maximum Gasteiger partial charge on any atom is 0.333 e. The molecule has 4 fully saturated rings. The standard InChI is InChI=1S/C30H42O5/c1-18-7-10-22(34-24(18)32)28(6,33)20-11-13-26(4)21-9-8-19-25(2,3)35-23(31)12-14-29(19)17-30(21,29)16-15-27(20,26)5/h7,12,14,19-22,33H,8-11,13,15-17H2,1-6H3. The molecule has 0 bridgehead atoms. The molecule has 6 rings (SSSR count). The van der Waals surface area contributed by atoms with Gasteiger partial charge in [-0.25, -0.2) is 9.59 Å². The third-order valence-electron chi connectivity index (χ3n) is 12.6. The molecule has 4 aliphatic carbocycles. The van der Waals surface area contributed by atoms with E-state index in [-0.39, 0.29) is 39.5 Å². The molecule has 192 valence electrons. The second kappa shape index (κ2) is 6.82. The summed E-state index contributed by atoms with van der Waals surface area (Å²) in [6.45, 7) is 12.8. The highest BCUT2D eigenvalue weighted by molar-refractivity contribution is 5.88. The number of aliphatic hydroxyl groups is 1. The van der Waals surface area contributed by atoms with Crippen molar-refractivity contribution in [2.45, 2.75) is 110 Å². The fourth-order valence-corrected chi connectivity index (χ4v) is 10.7. The van der Waals surface area contributed by atoms with Gasteiger partial charge in [0.1, 0.15) is 17.3 Å². The molecule has 35 heavy (non-hydrogen) atoms. The van der Waals surface area contributed by atoms with Crippen molar-refractivity contribution >= 4 is 11.9 Å². The third-order valence-corrected chi connectivity index (χ3v) is 12.6. The number of fused-ring (bicyclic) bond motifs is 2. The Balaban J connectivity index is 1.34. The van der Waals surface area contributed by atoms with Crippen molar-refractivity contribution < 1.29 is 24.2 Å². The average molecular weight is 483 g/mol. The Kier molecular flexibility index (Phi) is 4.63. The van der Waals surface area contributed by atoms with Gasteiger partial charge in [-0.15, -0.1) is 0 Å². The van der Waals surface area contributed by atoms with Crippen molar-refractivity contribution in [3.05, 3.63) is 23.8 Å². The van der Waals surface area contributed by atoms with Crippen molar-refractivity contribution in [1.82, 2.24) is 0 Å². The van der Waals surface area contributed by atoms with Gasteiger partial charge in [-0.1, -0.05) is 26.0 Å². The number of hydrogen-bond donors (Lipinski definition) is 1. The van der Waals surface area contributed by atoms with Crippen LogP contribution < -0.4 is 0 Å². The summed E-state index contributed by atoms with van der Waals surface area (Å²) in [5.74, 6) is 0.509. The van der Waals surface area contributed by atoms with Gasteiger partial charge in [-0.2, -0.15) is 0 Å². The fourth-order valence-electron chi connectivity index (χ4n) is 10.7. The van der Waals surface area contributed by atoms with Crippen molar-refractivity contribution in [1.29, 1.82) is 0 Å². The maximum absolute atomic E-state index is 12.4. The Morgan fingerprint density at radius 2 is 1.71 bits per heavy atom. The SMILES string of the molecule is CC1=CCC(C(C)(O)C2CCC3(C)C4CCC5C(C)(C)OC(=O)C=CC56CC46CCC23C)OC1=O. The summed E-state index contributed by atoms with van der Waals surface area (Å²) >= 11 is 0. The highest BCUT2D eigenvalue weighted by Crippen LogP contribution is 2.87. The largest absolute Gasteiger partial charge is 0.456 e. The van der Waals surface area contributed by atoms with Gasteiger partial charge < -0.3 is 14.6 Å². The van der Waals surface area contributed by atoms with Crippen LogP contribution in [0.1, 0.15) is 92.9 Å². The summed E-state index contributed by atoms with van der Waals surface area (Å²) in [6, 6.07) is 0. The topological polar surface area (TPSA) is 72.8 Å². The van der Waals surface area contributed by atoms with Crippen LogP contribution in [-0.4, -0.2) is 34.4 Å². The second-order valence-corrected chi connectivity index (χ2v) is 14.1. The monoisotopic (exact) mass is 482 g/mol. The van der Waals surface area contributed by atoms with Gasteiger partial charge in [-0.05, 0) is 101 Å². The molecule has 2 heterocycles. The number of allylic oxidation sites excluding steroid dienone is 1. The molecule has 0 amide bonds. The molecule has 2 spiro atoms. The molecule has 5 heteroatoms. The molecule has 9 unspecified atom stereocenters. The third kappa shape index (κ3) is 2.74. The first-order valence-corrected chi connectivity index (χ1v) is 13.8. The average Bonchev–Trinajstić information content (AvgIpc) is 3.38. The molecule has 0 saturated heterocycles. The Bertz CT molecular complexity index is 1050. The number of cyclic esters (lactones) is 2. The van der Waals surface area contributed by atoms with E-state index in [9.17, 15) is 14.7 Å². The first-order chi connectivity index (χ1) is 16.2. The van der Waals surface area contributed by atoms with E-state index >= 15 is 0 Å². The summed E-state index contributed by atoms with van der Waals surface area (Å²) in [7, 11) is 0. The van der Waals surface area contributed by atoms with E-state index in [1.165, 1.54) is 0 Å². The summed E-state index contributed by atoms with van der Waals surface area (Å²) in [6.07, 6.45) is 13.6. The van der Waals surface area contributed by atoms with Gasteiger partial charge in [0.15, 0.2) is 0 Å². The highest BCUT2D eigenvalue weighted by Gasteiger charge is 2.82. The van der Waals surface area contributed by atoms with E-state index in [0.29, 0.717) is 23.8 Å². The van der Waals surface area contributed by atoms with Crippen LogP contribution in [0.2, 0.25) is 0 Å². The Morgan fingerprint density at radius 3 is 2.43 bits per heavy atom. The number of rotatable bonds is 2. The van der Waals surface area contributed by atoms with Gasteiger partial charge >= 0.3 is 11.9 Å². The Morgan fingerprint density at radius 1 is 1.00 bits per heavy atom. The Hall–Kier alpha value is -1.62. The second-order valence-electron chi connectivity index (χ2n) is 14.1. The van der Waals surface area contributed by atoms with Gasteiger partial charge in [0.05, 0.1) is 0 Å². The number of carbonyl (C=O) groups is 2. The molecule has 0 radical (unpaired) electrons. The minimum absolute atomic E-state index is 0.0259. The summed E-state index contributed by atoms with van der Waals surface area (Å²) < 4.78 is 11.7. The lowest BCUT2D eigenvalue weighted by molar-refractivity contribution is -0.195. The van der Waals surface area contributed by atoms with Crippen LogP contribution >= 0.6 is 0 Å². The highest BCUT2D eigenvalue weighted by atomic mass is 16.6. The van der Waals surface area contributed by atoms with E-state index in [2.05, 4.69) is 33.8 Å². The van der Waals surface area contributed by atoms with Crippen LogP contribution in [0.5, 0.6) is 0 Å². The molecule has 4 saturated carbocycles. The lowest BCUT2D eigenvalue weighted by Gasteiger charge is -2.62. The van der Waals surface area contributed by atoms with Crippen LogP contribution in [0.3, 0.4) is 0 Å². The normalized spacial score (nSPS) is 51.3. The summed E-state index contributed by atoms with van der Waals surface area (Å²) in [5.41, 5.74) is -0.518. The van der Waals surface area contributed by atoms with Crippen LogP contribution in [0.25, 0.3) is 0 Å². The number of carbonyl (C=O) groups excluding carboxylic acids is 2. The molecule has 0 aromatic heterocycles. The van der Waals surface area contributed by atoms with E-state index in [1.807, 2.05) is 13.0 Å². The van der Waals surface area contributed by atoms with E-state index in [1.54, 1.807) is 13.0 Å². The smallest absolute Gasteiger partial charge is 0.333 e. The van der Waals surface area contributed by atoms with Gasteiger partial charge in [-0.3, -0.25) is 0 Å². The zero-order valence-electron chi connectivity index (χ0n) is 22.3. The van der Waals surface area contributed by atoms with Crippen LogP contribution in [-0.2, 0) is 19.1 Å². The minimum atomic E-state index is -1.06. The van der Waals surface area contributed by atoms with Crippen LogP contribution in [0.15, 0.2) is 23.8 Å². The van der Waals surface area contributed by atoms with E-state index in [0.717, 1.165) is 44.9 Å². The number of hydrogen-bond acceptors (Lipinski definition) is 5. The molecule has 2 aliphatic heterocycles. The molecule has 1 N–H and O–H groups in total. The van der Waals surface area contributed by atoms with Crippen LogP contribution in [0, 0.1) is 39.4 Å². The first-order valence-electron chi connectivity index (χ1n) is 13.8. The van der Waals surface area contributed by atoms with Crippen molar-refractivity contribution in [3.8, 4) is 0 Å². The predicted molar refractivity (Wildman–Crippen MR) is 132 cm³/mol. The van der Waals surface area contributed by atoms with Crippen molar-refractivity contribution in [3.63, 3.8) is 0 Å².